The summed E-state index contributed by atoms with van der Waals surface area (Å²) in [7, 11) is 1.68. The Hall–Kier alpha value is -1.47. The van der Waals surface area contributed by atoms with Gasteiger partial charge in [0.15, 0.2) is 0 Å². The highest BCUT2D eigenvalue weighted by molar-refractivity contribution is 5.76. The number of nitrogens with zero attached hydrogens (tertiary/aromatic N) is 3. The Morgan fingerprint density at radius 1 is 1.67 bits per heavy atom. The SMILES string of the molecule is COC1CCCC1NC(=O)Cn1cc(CN)nn1. The summed E-state index contributed by atoms with van der Waals surface area (Å²) < 4.78 is 6.82. The third-order valence-corrected chi connectivity index (χ3v) is 3.20. The van der Waals surface area contributed by atoms with Gasteiger partial charge in [0, 0.05) is 13.7 Å². The number of hydrogen-bond donors (Lipinski definition) is 2. The van der Waals surface area contributed by atoms with Crippen molar-refractivity contribution in [3.8, 4) is 0 Å². The van der Waals surface area contributed by atoms with Crippen molar-refractivity contribution < 1.29 is 9.53 Å². The molecule has 0 bridgehead atoms. The van der Waals surface area contributed by atoms with Crippen molar-refractivity contribution in [1.29, 1.82) is 0 Å². The van der Waals surface area contributed by atoms with Gasteiger partial charge >= 0.3 is 0 Å². The van der Waals surface area contributed by atoms with Crippen molar-refractivity contribution in [2.24, 2.45) is 5.73 Å². The number of nitrogens with two attached hydrogens (primary N) is 1. The molecule has 18 heavy (non-hydrogen) atoms. The molecule has 0 spiro atoms. The van der Waals surface area contributed by atoms with Crippen LogP contribution >= 0.6 is 0 Å². The Labute approximate surface area is 106 Å². The van der Waals surface area contributed by atoms with Crippen LogP contribution in [0.1, 0.15) is 25.0 Å². The number of ether oxygens (including phenoxy) is 1. The van der Waals surface area contributed by atoms with E-state index in [4.69, 9.17) is 10.5 Å². The lowest BCUT2D eigenvalue weighted by molar-refractivity contribution is -0.123. The molecule has 3 N–H and O–H groups in total. The molecule has 1 saturated carbocycles. The zero-order chi connectivity index (χ0) is 13.0. The van der Waals surface area contributed by atoms with Gasteiger partial charge in [0.2, 0.25) is 5.91 Å². The van der Waals surface area contributed by atoms with Crippen LogP contribution in [-0.2, 0) is 22.6 Å². The molecule has 1 heterocycles. The molecule has 1 amide bonds. The molecular formula is C11H19N5O2. The molecule has 0 aliphatic heterocycles. The van der Waals surface area contributed by atoms with Gasteiger partial charge in [-0.1, -0.05) is 5.21 Å². The van der Waals surface area contributed by atoms with E-state index in [0.717, 1.165) is 19.3 Å². The summed E-state index contributed by atoms with van der Waals surface area (Å²) in [5, 5.41) is 10.6. The fourth-order valence-corrected chi connectivity index (χ4v) is 2.28. The monoisotopic (exact) mass is 253 g/mol. The number of amides is 1. The predicted octanol–water partition coefficient (Wildman–Crippen LogP) is -0.579. The van der Waals surface area contributed by atoms with E-state index in [2.05, 4.69) is 15.6 Å². The lowest BCUT2D eigenvalue weighted by atomic mass is 10.2. The fraction of sp³-hybridized carbons (Fsp3) is 0.727. The van der Waals surface area contributed by atoms with E-state index in [1.54, 1.807) is 13.3 Å². The summed E-state index contributed by atoms with van der Waals surface area (Å²) in [4.78, 5) is 11.8. The first kappa shape index (κ1) is 13.0. The van der Waals surface area contributed by atoms with Crippen molar-refractivity contribution >= 4 is 5.91 Å². The molecule has 7 heteroatoms. The highest BCUT2D eigenvalue weighted by Crippen LogP contribution is 2.21. The third kappa shape index (κ3) is 3.05. The van der Waals surface area contributed by atoms with Gasteiger partial charge in [0.05, 0.1) is 24.0 Å². The summed E-state index contributed by atoms with van der Waals surface area (Å²) in [6.07, 6.45) is 4.87. The molecular weight excluding hydrogens is 234 g/mol. The second kappa shape index (κ2) is 5.92. The maximum Gasteiger partial charge on any atom is 0.242 e. The second-order valence-electron chi connectivity index (χ2n) is 4.49. The first-order valence-electron chi connectivity index (χ1n) is 6.14. The maximum absolute atomic E-state index is 11.8. The number of rotatable bonds is 5. The van der Waals surface area contributed by atoms with Crippen LogP contribution < -0.4 is 11.1 Å². The van der Waals surface area contributed by atoms with Gasteiger partial charge < -0.3 is 15.8 Å². The minimum absolute atomic E-state index is 0.0718. The molecule has 1 fully saturated rings. The first-order chi connectivity index (χ1) is 8.72. The highest BCUT2D eigenvalue weighted by atomic mass is 16.5. The Morgan fingerprint density at radius 3 is 3.17 bits per heavy atom. The lowest BCUT2D eigenvalue weighted by Gasteiger charge is -2.19. The van der Waals surface area contributed by atoms with Crippen LogP contribution in [0.4, 0.5) is 0 Å². The standard InChI is InChI=1S/C11H19N5O2/c1-18-10-4-2-3-9(10)13-11(17)7-16-6-8(5-12)14-15-16/h6,9-10H,2-5,7,12H2,1H3,(H,13,17). The zero-order valence-electron chi connectivity index (χ0n) is 10.5. The summed E-state index contributed by atoms with van der Waals surface area (Å²) in [6.45, 7) is 0.496. The number of aromatic nitrogens is 3. The van der Waals surface area contributed by atoms with Crippen molar-refractivity contribution in [1.82, 2.24) is 20.3 Å². The van der Waals surface area contributed by atoms with E-state index < -0.39 is 0 Å². The number of carbonyl (C=O) groups is 1. The predicted molar refractivity (Wildman–Crippen MR) is 64.5 cm³/mol. The van der Waals surface area contributed by atoms with Gasteiger partial charge in [-0.25, -0.2) is 4.68 Å². The molecule has 1 aromatic rings. The van der Waals surface area contributed by atoms with Crippen LogP contribution in [0.2, 0.25) is 0 Å². The Balaban J connectivity index is 1.84. The molecule has 100 valence electrons. The molecule has 7 nitrogen and oxygen atoms in total. The van der Waals surface area contributed by atoms with E-state index >= 15 is 0 Å². The van der Waals surface area contributed by atoms with Crippen molar-refractivity contribution in [2.45, 2.75) is 44.5 Å². The summed E-state index contributed by atoms with van der Waals surface area (Å²) in [5.41, 5.74) is 6.11. The normalized spacial score (nSPS) is 23.2. The van der Waals surface area contributed by atoms with Gasteiger partial charge in [-0.15, -0.1) is 5.10 Å². The van der Waals surface area contributed by atoms with Crippen molar-refractivity contribution in [3.05, 3.63) is 11.9 Å². The molecule has 0 radical (unpaired) electrons. The summed E-state index contributed by atoms with van der Waals surface area (Å²) in [5.74, 6) is -0.0718. The Morgan fingerprint density at radius 2 is 2.50 bits per heavy atom. The number of nitrogens with one attached hydrogen (secondary N) is 1. The molecule has 2 atom stereocenters. The average molecular weight is 253 g/mol. The summed E-state index contributed by atoms with van der Waals surface area (Å²) >= 11 is 0. The van der Waals surface area contributed by atoms with E-state index in [1.807, 2.05) is 0 Å². The third-order valence-electron chi connectivity index (χ3n) is 3.20. The smallest absolute Gasteiger partial charge is 0.242 e. The van der Waals surface area contributed by atoms with Crippen molar-refractivity contribution in [2.75, 3.05) is 7.11 Å². The highest BCUT2D eigenvalue weighted by Gasteiger charge is 2.28. The molecule has 1 aromatic heterocycles. The topological polar surface area (TPSA) is 95.1 Å². The van der Waals surface area contributed by atoms with Crippen LogP contribution in [-0.4, -0.2) is 40.2 Å². The van der Waals surface area contributed by atoms with Gasteiger partial charge in [-0.05, 0) is 19.3 Å². The average Bonchev–Trinajstić information content (AvgIpc) is 2.97. The maximum atomic E-state index is 11.8. The molecule has 1 aliphatic rings. The number of hydrogen-bond acceptors (Lipinski definition) is 5. The Bertz CT molecular complexity index is 406. The lowest BCUT2D eigenvalue weighted by Crippen LogP contribution is -2.42. The number of carbonyl (C=O) groups excluding carboxylic acids is 1. The largest absolute Gasteiger partial charge is 0.379 e. The second-order valence-corrected chi connectivity index (χ2v) is 4.49. The van der Waals surface area contributed by atoms with Crippen LogP contribution in [0, 0.1) is 0 Å². The molecule has 0 saturated heterocycles. The van der Waals surface area contributed by atoms with E-state index in [9.17, 15) is 4.79 Å². The molecule has 2 rings (SSSR count). The molecule has 2 unspecified atom stereocenters. The molecule has 0 aromatic carbocycles. The zero-order valence-corrected chi connectivity index (χ0v) is 10.5. The van der Waals surface area contributed by atoms with Crippen LogP contribution in [0.15, 0.2) is 6.20 Å². The van der Waals surface area contributed by atoms with Crippen molar-refractivity contribution in [3.63, 3.8) is 0 Å². The number of methoxy groups -OCH3 is 1. The van der Waals surface area contributed by atoms with Gasteiger partial charge in [0.25, 0.3) is 0 Å². The van der Waals surface area contributed by atoms with Crippen LogP contribution in [0.3, 0.4) is 0 Å². The Kier molecular flexibility index (Phi) is 4.27. The molecule has 1 aliphatic carbocycles. The van der Waals surface area contributed by atoms with Gasteiger partial charge in [-0.3, -0.25) is 4.79 Å². The minimum Gasteiger partial charge on any atom is -0.379 e. The summed E-state index contributed by atoms with van der Waals surface area (Å²) in [6, 6.07) is 0.111. The van der Waals surface area contributed by atoms with Crippen LogP contribution in [0.25, 0.3) is 0 Å². The van der Waals surface area contributed by atoms with E-state index in [1.165, 1.54) is 4.68 Å². The van der Waals surface area contributed by atoms with Gasteiger partial charge in [0.1, 0.15) is 6.54 Å². The van der Waals surface area contributed by atoms with Gasteiger partial charge in [-0.2, -0.15) is 0 Å². The van der Waals surface area contributed by atoms with E-state index in [-0.39, 0.29) is 24.6 Å². The van der Waals surface area contributed by atoms with Crippen LogP contribution in [0.5, 0.6) is 0 Å². The first-order valence-corrected chi connectivity index (χ1v) is 6.14. The minimum atomic E-state index is -0.0718. The quantitative estimate of drug-likeness (QED) is 0.732. The fourth-order valence-electron chi connectivity index (χ4n) is 2.28. The van der Waals surface area contributed by atoms with E-state index in [0.29, 0.717) is 12.2 Å².